The maximum Gasteiger partial charge on any atom is 0.436 e. The van der Waals surface area contributed by atoms with Crippen molar-refractivity contribution < 1.29 is 22.9 Å². The van der Waals surface area contributed by atoms with E-state index in [0.717, 1.165) is 10.7 Å². The highest BCUT2D eigenvalue weighted by atomic mass is 35.5. The Balaban J connectivity index is 2.34. The summed E-state index contributed by atoms with van der Waals surface area (Å²) < 4.78 is 39.5. The average molecular weight is 411 g/mol. The molecule has 1 aromatic heterocycles. The van der Waals surface area contributed by atoms with Crippen molar-refractivity contribution in [2.75, 3.05) is 5.32 Å². The number of nitro benzene ring substituents is 1. The Kier molecular flexibility index (Phi) is 5.47. The topological polar surface area (TPSA) is 90.1 Å². The number of amides is 1. The van der Waals surface area contributed by atoms with Crippen molar-refractivity contribution in [3.8, 4) is 0 Å². The number of nitrogens with one attached hydrogen (secondary N) is 1. The van der Waals surface area contributed by atoms with Gasteiger partial charge in [0.05, 0.1) is 15.6 Å². The van der Waals surface area contributed by atoms with Crippen LogP contribution in [0.1, 0.15) is 24.4 Å². The van der Waals surface area contributed by atoms with E-state index >= 15 is 0 Å². The van der Waals surface area contributed by atoms with Crippen molar-refractivity contribution >= 4 is 40.5 Å². The highest BCUT2D eigenvalue weighted by molar-refractivity contribution is 6.32. The zero-order chi connectivity index (χ0) is 19.8. The van der Waals surface area contributed by atoms with Gasteiger partial charge in [0.15, 0.2) is 5.69 Å². The van der Waals surface area contributed by atoms with Crippen LogP contribution in [0.5, 0.6) is 0 Å². The molecule has 2 rings (SSSR count). The second-order valence-corrected chi connectivity index (χ2v) is 6.09. The van der Waals surface area contributed by atoms with Crippen LogP contribution in [-0.2, 0) is 11.0 Å². The Hall–Kier alpha value is -2.33. The van der Waals surface area contributed by atoms with Gasteiger partial charge in [-0.1, -0.05) is 23.2 Å². The van der Waals surface area contributed by atoms with Crippen molar-refractivity contribution in [2.24, 2.45) is 0 Å². The van der Waals surface area contributed by atoms with Gasteiger partial charge in [0.1, 0.15) is 11.7 Å². The molecule has 1 N–H and O–H groups in total. The lowest BCUT2D eigenvalue weighted by Gasteiger charge is -2.14. The molecule has 0 aliphatic rings. The molecule has 0 bridgehead atoms. The molecule has 1 aromatic carbocycles. The van der Waals surface area contributed by atoms with E-state index in [2.05, 4.69) is 10.4 Å². The average Bonchev–Trinajstić information content (AvgIpc) is 2.84. The van der Waals surface area contributed by atoms with Gasteiger partial charge in [-0.3, -0.25) is 19.6 Å². The van der Waals surface area contributed by atoms with Crippen LogP contribution in [0, 0.1) is 17.0 Å². The third kappa shape index (κ3) is 3.91. The number of benzene rings is 1. The van der Waals surface area contributed by atoms with E-state index in [1.54, 1.807) is 0 Å². The summed E-state index contributed by atoms with van der Waals surface area (Å²) in [6, 6.07) is 2.38. The molecule has 0 aliphatic heterocycles. The van der Waals surface area contributed by atoms with Gasteiger partial charge in [0.25, 0.3) is 5.69 Å². The Bertz CT molecular complexity index is 883. The van der Waals surface area contributed by atoms with Gasteiger partial charge in [-0.15, -0.1) is 0 Å². The summed E-state index contributed by atoms with van der Waals surface area (Å²) in [5.74, 6) is -0.814. The Morgan fingerprint density at radius 2 is 2.00 bits per heavy atom. The molecule has 7 nitrogen and oxygen atoms in total. The Labute approximate surface area is 154 Å². The molecule has 1 heterocycles. The van der Waals surface area contributed by atoms with Crippen LogP contribution in [0.25, 0.3) is 0 Å². The van der Waals surface area contributed by atoms with Gasteiger partial charge < -0.3 is 5.32 Å². The summed E-state index contributed by atoms with van der Waals surface area (Å²) in [5, 5.41) is 16.2. The number of nitro groups is 1. The van der Waals surface area contributed by atoms with Gasteiger partial charge in [-0.25, -0.2) is 0 Å². The number of halogens is 5. The molecule has 140 valence electrons. The van der Waals surface area contributed by atoms with Crippen LogP contribution in [0.4, 0.5) is 24.5 Å². The molecule has 0 saturated carbocycles. The molecule has 0 aliphatic carbocycles. The largest absolute Gasteiger partial charge is 0.436 e. The lowest BCUT2D eigenvalue weighted by atomic mass is 10.2. The first-order valence-corrected chi connectivity index (χ1v) is 7.75. The van der Waals surface area contributed by atoms with E-state index in [1.807, 2.05) is 0 Å². The number of nitrogens with zero attached hydrogens (tertiary/aromatic N) is 3. The smallest absolute Gasteiger partial charge is 0.319 e. The lowest BCUT2D eigenvalue weighted by molar-refractivity contribution is -0.383. The van der Waals surface area contributed by atoms with Crippen LogP contribution in [0.15, 0.2) is 18.2 Å². The van der Waals surface area contributed by atoms with E-state index in [0.29, 0.717) is 0 Å². The van der Waals surface area contributed by atoms with Crippen LogP contribution in [-0.4, -0.2) is 20.6 Å². The van der Waals surface area contributed by atoms with Crippen LogP contribution < -0.4 is 5.32 Å². The Morgan fingerprint density at radius 1 is 1.38 bits per heavy atom. The number of rotatable bonds is 4. The number of carbonyl (C=O) groups excluding carboxylic acids is 1. The number of anilines is 1. The maximum atomic E-state index is 12.9. The molecule has 1 atom stereocenters. The first-order valence-electron chi connectivity index (χ1n) is 7.00. The summed E-state index contributed by atoms with van der Waals surface area (Å²) >= 11 is 11.3. The first-order chi connectivity index (χ1) is 11.9. The fraction of sp³-hybridized carbons (Fsp3) is 0.286. The van der Waals surface area contributed by atoms with Gasteiger partial charge in [-0.2, -0.15) is 18.3 Å². The van der Waals surface area contributed by atoms with Crippen LogP contribution >= 0.6 is 23.2 Å². The van der Waals surface area contributed by atoms with Gasteiger partial charge in [0, 0.05) is 11.1 Å². The minimum Gasteiger partial charge on any atom is -0.319 e. The molecule has 2 aromatic rings. The molecule has 1 amide bonds. The van der Waals surface area contributed by atoms with Gasteiger partial charge in [-0.05, 0) is 26.0 Å². The number of hydrogen-bond acceptors (Lipinski definition) is 4. The summed E-state index contributed by atoms with van der Waals surface area (Å²) in [6.07, 6.45) is -4.78. The lowest BCUT2D eigenvalue weighted by Crippen LogP contribution is -2.26. The van der Waals surface area contributed by atoms with Crippen LogP contribution in [0.3, 0.4) is 0 Å². The molecule has 12 heteroatoms. The van der Waals surface area contributed by atoms with Crippen molar-refractivity contribution in [1.82, 2.24) is 9.78 Å². The molecule has 0 radical (unpaired) electrons. The van der Waals surface area contributed by atoms with Crippen molar-refractivity contribution in [2.45, 2.75) is 26.1 Å². The molecule has 26 heavy (non-hydrogen) atoms. The highest BCUT2D eigenvalue weighted by Crippen LogP contribution is 2.36. The zero-order valence-electron chi connectivity index (χ0n) is 13.3. The third-order valence-corrected chi connectivity index (χ3v) is 4.19. The predicted octanol–water partition coefficient (Wildman–Crippen LogP) is 4.63. The summed E-state index contributed by atoms with van der Waals surface area (Å²) in [5.41, 5.74) is -1.98. The van der Waals surface area contributed by atoms with Crippen molar-refractivity contribution in [1.29, 1.82) is 0 Å². The Morgan fingerprint density at radius 3 is 2.50 bits per heavy atom. The molecular formula is C14H11Cl2F3N4O3. The summed E-state index contributed by atoms with van der Waals surface area (Å²) in [7, 11) is 0. The second kappa shape index (κ2) is 7.12. The number of carbonyl (C=O) groups is 1. The third-order valence-electron chi connectivity index (χ3n) is 3.51. The summed E-state index contributed by atoms with van der Waals surface area (Å²) in [6.45, 7) is 2.56. The second-order valence-electron chi connectivity index (χ2n) is 5.27. The molecular weight excluding hydrogens is 400 g/mol. The molecule has 0 saturated heterocycles. The van der Waals surface area contributed by atoms with E-state index in [4.69, 9.17) is 23.2 Å². The van der Waals surface area contributed by atoms with E-state index in [1.165, 1.54) is 26.0 Å². The van der Waals surface area contributed by atoms with E-state index in [-0.39, 0.29) is 16.4 Å². The van der Waals surface area contributed by atoms with Crippen molar-refractivity contribution in [3.63, 3.8) is 0 Å². The maximum absolute atomic E-state index is 12.9. The monoisotopic (exact) mass is 410 g/mol. The molecule has 0 fully saturated rings. The highest BCUT2D eigenvalue weighted by Gasteiger charge is 2.39. The first kappa shape index (κ1) is 20.0. The van der Waals surface area contributed by atoms with E-state index in [9.17, 15) is 28.1 Å². The SMILES string of the molecule is Cc1c(Cl)c(C(F)(F)F)nn1C(C)C(=O)Nc1ccc(Cl)cc1[N+](=O)[O-]. The molecule has 0 spiro atoms. The summed E-state index contributed by atoms with van der Waals surface area (Å²) in [4.78, 5) is 22.6. The fourth-order valence-corrected chi connectivity index (χ4v) is 2.56. The van der Waals surface area contributed by atoms with Gasteiger partial charge in [0.2, 0.25) is 5.91 Å². The standard InChI is InChI=1S/C14H11Cl2F3N4O3/c1-6-11(16)12(14(17,18)19)21-22(6)7(2)13(24)20-9-4-3-8(15)5-10(9)23(25)26/h3-5,7H,1-2H3,(H,20,24). The number of hydrogen-bond donors (Lipinski definition) is 1. The number of aromatic nitrogens is 2. The van der Waals surface area contributed by atoms with Crippen LogP contribution in [0.2, 0.25) is 10.0 Å². The minimum atomic E-state index is -4.78. The minimum absolute atomic E-state index is 0.0627. The van der Waals surface area contributed by atoms with E-state index < -0.39 is 39.5 Å². The predicted molar refractivity (Wildman–Crippen MR) is 88.4 cm³/mol. The molecule has 1 unspecified atom stereocenters. The fourth-order valence-electron chi connectivity index (χ4n) is 2.17. The quantitative estimate of drug-likeness (QED) is 0.587. The normalized spacial score (nSPS) is 12.7. The zero-order valence-corrected chi connectivity index (χ0v) is 14.8. The van der Waals surface area contributed by atoms with Gasteiger partial charge >= 0.3 is 6.18 Å². The van der Waals surface area contributed by atoms with Crippen molar-refractivity contribution in [3.05, 3.63) is 49.7 Å². The number of alkyl halides is 3.